The Bertz CT molecular complexity index is 572. The molecule has 1 aromatic heterocycles. The molecule has 0 saturated carbocycles. The Kier molecular flexibility index (Phi) is 2.53. The highest BCUT2D eigenvalue weighted by atomic mass is 16.6. The predicted octanol–water partition coefficient (Wildman–Crippen LogP) is 2.47. The van der Waals surface area contributed by atoms with Crippen molar-refractivity contribution in [1.29, 1.82) is 0 Å². The van der Waals surface area contributed by atoms with Crippen LogP contribution < -0.4 is 0 Å². The fourth-order valence-electron chi connectivity index (χ4n) is 1.87. The number of aromatic hydroxyl groups is 1. The van der Waals surface area contributed by atoms with Crippen molar-refractivity contribution < 1.29 is 10.0 Å². The number of nitrogens with zero attached hydrogens (tertiary/aromatic N) is 1. The number of rotatable bonds is 3. The van der Waals surface area contributed by atoms with E-state index < -0.39 is 5.54 Å². The quantitative estimate of drug-likeness (QED) is 0.632. The van der Waals surface area contributed by atoms with Gasteiger partial charge in [0, 0.05) is 47.9 Å². The third kappa shape index (κ3) is 1.95. The van der Waals surface area contributed by atoms with Gasteiger partial charge in [-0.3, -0.25) is 10.1 Å². The minimum absolute atomic E-state index is 0.104. The van der Waals surface area contributed by atoms with Gasteiger partial charge < -0.3 is 10.1 Å². The van der Waals surface area contributed by atoms with E-state index in [-0.39, 0.29) is 17.1 Å². The maximum Gasteiger partial charge on any atom is 0.220 e. The zero-order valence-electron chi connectivity index (χ0n) is 9.73. The van der Waals surface area contributed by atoms with Crippen LogP contribution in [0, 0.1) is 10.1 Å². The van der Waals surface area contributed by atoms with Crippen molar-refractivity contribution in [2.75, 3.05) is 0 Å². The van der Waals surface area contributed by atoms with Gasteiger partial charge in [0.05, 0.1) is 0 Å². The van der Waals surface area contributed by atoms with Crippen LogP contribution in [-0.4, -0.2) is 20.6 Å². The van der Waals surface area contributed by atoms with Gasteiger partial charge in [0.15, 0.2) is 0 Å². The summed E-state index contributed by atoms with van der Waals surface area (Å²) in [4.78, 5) is 13.6. The number of phenolic OH excluding ortho intramolecular Hbond substituents is 1. The maximum atomic E-state index is 10.9. The molecule has 0 radical (unpaired) electrons. The lowest BCUT2D eigenvalue weighted by molar-refractivity contribution is -0.560. The summed E-state index contributed by atoms with van der Waals surface area (Å²) in [6.45, 7) is 3.11. The van der Waals surface area contributed by atoms with Crippen LogP contribution in [0.15, 0.2) is 24.4 Å². The lowest BCUT2D eigenvalue weighted by atomic mass is 9.93. The summed E-state index contributed by atoms with van der Waals surface area (Å²) >= 11 is 0. The average Bonchev–Trinajstić information content (AvgIpc) is 2.70. The molecule has 0 spiro atoms. The van der Waals surface area contributed by atoms with Crippen LogP contribution >= 0.6 is 0 Å². The highest BCUT2D eigenvalue weighted by Gasteiger charge is 2.32. The van der Waals surface area contributed by atoms with Gasteiger partial charge in [-0.2, -0.15) is 0 Å². The average molecular weight is 234 g/mol. The van der Waals surface area contributed by atoms with E-state index in [0.717, 1.165) is 10.9 Å². The largest absolute Gasteiger partial charge is 0.508 e. The number of H-pyrrole nitrogens is 1. The van der Waals surface area contributed by atoms with Gasteiger partial charge in [0.25, 0.3) is 0 Å². The van der Waals surface area contributed by atoms with E-state index in [0.29, 0.717) is 5.56 Å². The Labute approximate surface area is 98.2 Å². The van der Waals surface area contributed by atoms with Crippen LogP contribution in [-0.2, 0) is 6.42 Å². The van der Waals surface area contributed by atoms with Crippen LogP contribution in [0.1, 0.15) is 19.4 Å². The van der Waals surface area contributed by atoms with Crippen molar-refractivity contribution in [3.63, 3.8) is 0 Å². The molecule has 0 unspecified atom stereocenters. The monoisotopic (exact) mass is 234 g/mol. The first-order chi connectivity index (χ1) is 7.92. The molecule has 0 bridgehead atoms. The molecule has 1 aromatic carbocycles. The van der Waals surface area contributed by atoms with Gasteiger partial charge in [-0.1, -0.05) is 0 Å². The van der Waals surface area contributed by atoms with Gasteiger partial charge >= 0.3 is 0 Å². The Morgan fingerprint density at radius 3 is 2.76 bits per heavy atom. The van der Waals surface area contributed by atoms with Crippen molar-refractivity contribution >= 4 is 10.9 Å². The Hall–Kier alpha value is -2.04. The molecule has 2 aromatic rings. The summed E-state index contributed by atoms with van der Waals surface area (Å²) in [5.74, 6) is 0.104. The van der Waals surface area contributed by atoms with E-state index in [2.05, 4.69) is 4.98 Å². The first kappa shape index (κ1) is 11.4. The number of phenols is 1. The molecule has 0 atom stereocenters. The number of benzene rings is 1. The number of nitro groups is 1. The Balaban J connectivity index is 2.51. The highest BCUT2D eigenvalue weighted by Crippen LogP contribution is 2.30. The lowest BCUT2D eigenvalue weighted by Crippen LogP contribution is -2.33. The SMILES string of the molecule is CC(C)(Cc1c(O)ccc2[nH]ccc12)[N+](=O)[O-]. The molecule has 0 aliphatic heterocycles. The molecule has 0 aliphatic carbocycles. The second-order valence-electron chi connectivity index (χ2n) is 4.75. The van der Waals surface area contributed by atoms with Crippen molar-refractivity contribution in [2.45, 2.75) is 25.8 Å². The number of aromatic amines is 1. The first-order valence-electron chi connectivity index (χ1n) is 5.34. The van der Waals surface area contributed by atoms with Gasteiger partial charge in [-0.25, -0.2) is 0 Å². The molecular formula is C12H14N2O3. The summed E-state index contributed by atoms with van der Waals surface area (Å²) in [5, 5.41) is 21.6. The Morgan fingerprint density at radius 1 is 1.41 bits per heavy atom. The van der Waals surface area contributed by atoms with Gasteiger partial charge in [-0.05, 0) is 18.2 Å². The Morgan fingerprint density at radius 2 is 2.12 bits per heavy atom. The van der Waals surface area contributed by atoms with E-state index in [1.54, 1.807) is 32.2 Å². The van der Waals surface area contributed by atoms with Crippen molar-refractivity contribution in [3.8, 4) is 5.75 Å². The van der Waals surface area contributed by atoms with Crippen molar-refractivity contribution in [2.24, 2.45) is 0 Å². The number of aromatic nitrogens is 1. The van der Waals surface area contributed by atoms with E-state index in [9.17, 15) is 15.2 Å². The molecule has 2 N–H and O–H groups in total. The fourth-order valence-corrected chi connectivity index (χ4v) is 1.87. The molecule has 5 nitrogen and oxygen atoms in total. The molecule has 0 fully saturated rings. The summed E-state index contributed by atoms with van der Waals surface area (Å²) in [7, 11) is 0. The second-order valence-corrected chi connectivity index (χ2v) is 4.75. The number of nitrogens with one attached hydrogen (secondary N) is 1. The van der Waals surface area contributed by atoms with Gasteiger partial charge in [0.2, 0.25) is 5.54 Å². The van der Waals surface area contributed by atoms with Gasteiger partial charge in [-0.15, -0.1) is 0 Å². The van der Waals surface area contributed by atoms with E-state index in [4.69, 9.17) is 0 Å². The lowest BCUT2D eigenvalue weighted by Gasteiger charge is -2.16. The summed E-state index contributed by atoms with van der Waals surface area (Å²) in [5.41, 5.74) is 0.394. The smallest absolute Gasteiger partial charge is 0.220 e. The van der Waals surface area contributed by atoms with Crippen LogP contribution in [0.25, 0.3) is 10.9 Å². The molecular weight excluding hydrogens is 220 g/mol. The third-order valence-electron chi connectivity index (χ3n) is 2.92. The van der Waals surface area contributed by atoms with Crippen LogP contribution in [0.4, 0.5) is 0 Å². The molecule has 5 heteroatoms. The number of hydrogen-bond donors (Lipinski definition) is 2. The summed E-state index contributed by atoms with van der Waals surface area (Å²) < 4.78 is 0. The first-order valence-corrected chi connectivity index (χ1v) is 5.34. The predicted molar refractivity (Wildman–Crippen MR) is 64.7 cm³/mol. The van der Waals surface area contributed by atoms with Crippen LogP contribution in [0.5, 0.6) is 5.75 Å². The van der Waals surface area contributed by atoms with Crippen LogP contribution in [0.2, 0.25) is 0 Å². The number of hydrogen-bond acceptors (Lipinski definition) is 3. The molecule has 0 amide bonds. The van der Waals surface area contributed by atoms with Crippen molar-refractivity contribution in [1.82, 2.24) is 4.98 Å². The third-order valence-corrected chi connectivity index (χ3v) is 2.92. The zero-order chi connectivity index (χ0) is 12.6. The molecule has 17 heavy (non-hydrogen) atoms. The minimum atomic E-state index is -1.09. The molecule has 0 saturated heterocycles. The second kappa shape index (κ2) is 3.76. The van der Waals surface area contributed by atoms with E-state index in [1.165, 1.54) is 0 Å². The van der Waals surface area contributed by atoms with E-state index in [1.807, 2.05) is 6.07 Å². The normalized spacial score (nSPS) is 11.9. The summed E-state index contributed by atoms with van der Waals surface area (Å²) in [6.07, 6.45) is 1.95. The topological polar surface area (TPSA) is 79.2 Å². The van der Waals surface area contributed by atoms with Crippen LogP contribution in [0.3, 0.4) is 0 Å². The highest BCUT2D eigenvalue weighted by molar-refractivity contribution is 5.85. The van der Waals surface area contributed by atoms with Gasteiger partial charge in [0.1, 0.15) is 5.75 Å². The number of fused-ring (bicyclic) bond motifs is 1. The molecule has 90 valence electrons. The minimum Gasteiger partial charge on any atom is -0.508 e. The molecule has 0 aliphatic rings. The van der Waals surface area contributed by atoms with E-state index >= 15 is 0 Å². The maximum absolute atomic E-state index is 10.9. The standard InChI is InChI=1S/C12H14N2O3/c1-12(2,14(16)17)7-9-8-5-6-13-10(8)3-4-11(9)15/h3-6,13,15H,7H2,1-2H3. The fraction of sp³-hybridized carbons (Fsp3) is 0.333. The van der Waals surface area contributed by atoms with Crippen molar-refractivity contribution in [3.05, 3.63) is 40.1 Å². The zero-order valence-corrected chi connectivity index (χ0v) is 9.73. The molecule has 2 rings (SSSR count). The summed E-state index contributed by atoms with van der Waals surface area (Å²) in [6, 6.07) is 5.14. The molecule has 1 heterocycles.